The Balaban J connectivity index is 2.64. The molecule has 0 aromatic heterocycles. The molecule has 0 saturated heterocycles. The number of ether oxygens (including phenoxy) is 1. The molecule has 1 aromatic rings. The third-order valence-electron chi connectivity index (χ3n) is 1.33. The van der Waals surface area contributed by atoms with E-state index in [1.165, 1.54) is 30.3 Å². The van der Waals surface area contributed by atoms with E-state index in [-0.39, 0.29) is 5.82 Å². The zero-order valence-corrected chi connectivity index (χ0v) is 7.16. The van der Waals surface area contributed by atoms with E-state index in [0.29, 0.717) is 5.75 Å². The Labute approximate surface area is 75.6 Å². The lowest BCUT2D eigenvalue weighted by Gasteiger charge is -1.99. The molecule has 0 spiro atoms. The molecule has 13 heavy (non-hydrogen) atoms. The summed E-state index contributed by atoms with van der Waals surface area (Å²) in [5.74, 6) is -0.482. The Hall–Kier alpha value is -1.64. The molecule has 1 rings (SSSR count). The van der Waals surface area contributed by atoms with Crippen molar-refractivity contribution in [3.05, 3.63) is 42.2 Å². The van der Waals surface area contributed by atoms with Gasteiger partial charge in [-0.05, 0) is 31.2 Å². The number of benzene rings is 1. The molecule has 0 aliphatic heterocycles. The van der Waals surface area contributed by atoms with E-state index >= 15 is 0 Å². The maximum Gasteiger partial charge on any atom is 0.335 e. The Morgan fingerprint density at radius 1 is 1.38 bits per heavy atom. The van der Waals surface area contributed by atoms with E-state index in [0.717, 1.165) is 0 Å². The quantitative estimate of drug-likeness (QED) is 0.396. The first-order chi connectivity index (χ1) is 6.22. The van der Waals surface area contributed by atoms with Crippen LogP contribution in [-0.4, -0.2) is 5.97 Å². The lowest BCUT2D eigenvalue weighted by Crippen LogP contribution is -2.03. The highest BCUT2D eigenvalue weighted by atomic mass is 19.1. The molecule has 0 heterocycles. The average molecular weight is 180 g/mol. The number of hydrogen-bond acceptors (Lipinski definition) is 2. The molecule has 0 saturated carbocycles. The van der Waals surface area contributed by atoms with Crippen molar-refractivity contribution in [2.24, 2.45) is 0 Å². The number of halogens is 1. The van der Waals surface area contributed by atoms with Crippen molar-refractivity contribution >= 4 is 5.97 Å². The van der Waals surface area contributed by atoms with Gasteiger partial charge in [0, 0.05) is 6.08 Å². The number of carbonyl (C=O) groups excluding carboxylic acids is 1. The molecule has 0 N–H and O–H groups in total. The van der Waals surface area contributed by atoms with Crippen LogP contribution < -0.4 is 4.74 Å². The normalized spacial score (nSPS) is 10.3. The topological polar surface area (TPSA) is 26.3 Å². The lowest BCUT2D eigenvalue weighted by molar-refractivity contribution is -0.129. The van der Waals surface area contributed by atoms with Gasteiger partial charge in [0.25, 0.3) is 0 Å². The summed E-state index contributed by atoms with van der Waals surface area (Å²) in [5.41, 5.74) is 0. The van der Waals surface area contributed by atoms with Crippen LogP contribution >= 0.6 is 0 Å². The third kappa shape index (κ3) is 3.07. The molecule has 68 valence electrons. The molecule has 0 radical (unpaired) electrons. The smallest absolute Gasteiger partial charge is 0.335 e. The van der Waals surface area contributed by atoms with Crippen molar-refractivity contribution in [3.8, 4) is 5.75 Å². The van der Waals surface area contributed by atoms with Gasteiger partial charge in [-0.25, -0.2) is 9.18 Å². The molecule has 0 aliphatic carbocycles. The molecular formula is C10H9FO2. The van der Waals surface area contributed by atoms with Crippen LogP contribution in [0.2, 0.25) is 0 Å². The van der Waals surface area contributed by atoms with Gasteiger partial charge in [0.1, 0.15) is 11.6 Å². The van der Waals surface area contributed by atoms with Crippen molar-refractivity contribution in [1.29, 1.82) is 0 Å². The molecular weight excluding hydrogens is 171 g/mol. The van der Waals surface area contributed by atoms with E-state index in [1.54, 1.807) is 13.0 Å². The van der Waals surface area contributed by atoms with E-state index in [4.69, 9.17) is 4.74 Å². The van der Waals surface area contributed by atoms with Crippen LogP contribution in [0.1, 0.15) is 6.92 Å². The zero-order valence-electron chi connectivity index (χ0n) is 7.16. The minimum atomic E-state index is -0.464. The van der Waals surface area contributed by atoms with Crippen LogP contribution in [0.3, 0.4) is 0 Å². The average Bonchev–Trinajstić information content (AvgIpc) is 2.09. The first kappa shape index (κ1) is 9.45. The van der Waals surface area contributed by atoms with Gasteiger partial charge < -0.3 is 4.74 Å². The second-order valence-electron chi connectivity index (χ2n) is 2.38. The maximum absolute atomic E-state index is 12.4. The van der Waals surface area contributed by atoms with Crippen LogP contribution in [0.25, 0.3) is 0 Å². The fourth-order valence-electron chi connectivity index (χ4n) is 0.789. The third-order valence-corrected chi connectivity index (χ3v) is 1.33. The summed E-state index contributed by atoms with van der Waals surface area (Å²) >= 11 is 0. The Morgan fingerprint density at radius 3 is 2.54 bits per heavy atom. The molecule has 0 aliphatic rings. The van der Waals surface area contributed by atoms with Crippen molar-refractivity contribution < 1.29 is 13.9 Å². The van der Waals surface area contributed by atoms with Gasteiger partial charge >= 0.3 is 5.97 Å². The Kier molecular flexibility index (Phi) is 3.20. The molecule has 0 unspecified atom stereocenters. The summed E-state index contributed by atoms with van der Waals surface area (Å²) in [4.78, 5) is 10.9. The van der Waals surface area contributed by atoms with E-state index in [1.807, 2.05) is 0 Å². The van der Waals surface area contributed by atoms with Gasteiger partial charge in [-0.2, -0.15) is 0 Å². The molecule has 3 heteroatoms. The van der Waals surface area contributed by atoms with Crippen LogP contribution in [0.15, 0.2) is 36.4 Å². The molecule has 0 atom stereocenters. The predicted octanol–water partition coefficient (Wildman–Crippen LogP) is 2.31. The van der Waals surface area contributed by atoms with Gasteiger partial charge in [-0.3, -0.25) is 0 Å². The van der Waals surface area contributed by atoms with Crippen LogP contribution in [-0.2, 0) is 4.79 Å². The maximum atomic E-state index is 12.4. The summed E-state index contributed by atoms with van der Waals surface area (Å²) in [6.45, 7) is 1.71. The Bertz CT molecular complexity index is 314. The fraction of sp³-hybridized carbons (Fsp3) is 0.100. The van der Waals surface area contributed by atoms with Crippen LogP contribution in [0.5, 0.6) is 5.75 Å². The largest absolute Gasteiger partial charge is 0.423 e. The zero-order chi connectivity index (χ0) is 9.68. The molecule has 0 fully saturated rings. The highest BCUT2D eigenvalue weighted by molar-refractivity contribution is 5.83. The molecule has 0 amide bonds. The summed E-state index contributed by atoms with van der Waals surface area (Å²) in [7, 11) is 0. The molecule has 0 bridgehead atoms. The minimum Gasteiger partial charge on any atom is -0.423 e. The number of esters is 1. The van der Waals surface area contributed by atoms with Gasteiger partial charge in [0.15, 0.2) is 0 Å². The SMILES string of the molecule is CC=CC(=O)Oc1ccc(F)cc1. The molecule has 1 aromatic carbocycles. The van der Waals surface area contributed by atoms with Gasteiger partial charge in [-0.1, -0.05) is 6.08 Å². The van der Waals surface area contributed by atoms with Crippen LogP contribution in [0, 0.1) is 5.82 Å². The number of rotatable bonds is 2. The minimum absolute atomic E-state index is 0.338. The van der Waals surface area contributed by atoms with E-state index in [2.05, 4.69) is 0 Å². The van der Waals surface area contributed by atoms with Crippen molar-refractivity contribution in [1.82, 2.24) is 0 Å². The van der Waals surface area contributed by atoms with E-state index < -0.39 is 5.97 Å². The van der Waals surface area contributed by atoms with Crippen molar-refractivity contribution in [2.45, 2.75) is 6.92 Å². The fourth-order valence-corrected chi connectivity index (χ4v) is 0.789. The van der Waals surface area contributed by atoms with Crippen molar-refractivity contribution in [2.75, 3.05) is 0 Å². The van der Waals surface area contributed by atoms with Crippen molar-refractivity contribution in [3.63, 3.8) is 0 Å². The highest BCUT2D eigenvalue weighted by Gasteiger charge is 1.98. The van der Waals surface area contributed by atoms with Crippen LogP contribution in [0.4, 0.5) is 4.39 Å². The first-order valence-electron chi connectivity index (χ1n) is 3.82. The number of hydrogen-bond donors (Lipinski definition) is 0. The molecule has 2 nitrogen and oxygen atoms in total. The highest BCUT2D eigenvalue weighted by Crippen LogP contribution is 2.11. The second kappa shape index (κ2) is 4.40. The summed E-state index contributed by atoms with van der Waals surface area (Å²) in [6.07, 6.45) is 2.87. The predicted molar refractivity (Wildman–Crippen MR) is 46.8 cm³/mol. The lowest BCUT2D eigenvalue weighted by atomic mass is 10.3. The summed E-state index contributed by atoms with van der Waals surface area (Å²) in [5, 5.41) is 0. The van der Waals surface area contributed by atoms with Gasteiger partial charge in [0.2, 0.25) is 0 Å². The monoisotopic (exact) mass is 180 g/mol. The van der Waals surface area contributed by atoms with Gasteiger partial charge in [0.05, 0.1) is 0 Å². The Morgan fingerprint density at radius 2 is 2.00 bits per heavy atom. The summed E-state index contributed by atoms with van der Waals surface area (Å²) in [6, 6.07) is 5.27. The standard InChI is InChI=1S/C10H9FO2/c1-2-3-10(12)13-9-6-4-8(11)5-7-9/h2-7H,1H3. The van der Waals surface area contributed by atoms with Gasteiger partial charge in [-0.15, -0.1) is 0 Å². The first-order valence-corrected chi connectivity index (χ1v) is 3.82. The number of allylic oxidation sites excluding steroid dienone is 1. The second-order valence-corrected chi connectivity index (χ2v) is 2.38. The summed E-state index contributed by atoms with van der Waals surface area (Å²) < 4.78 is 17.2. The number of carbonyl (C=O) groups is 1. The van der Waals surface area contributed by atoms with E-state index in [9.17, 15) is 9.18 Å².